The summed E-state index contributed by atoms with van der Waals surface area (Å²) in [5.74, 6) is -0.00297. The molecule has 0 amide bonds. The Hall–Kier alpha value is -3.99. The van der Waals surface area contributed by atoms with E-state index in [1.807, 2.05) is 6.07 Å². The normalized spacial score (nSPS) is 10.6. The van der Waals surface area contributed by atoms with Crippen LogP contribution in [0.25, 0.3) is 6.08 Å². The fourth-order valence-corrected chi connectivity index (χ4v) is 2.56. The molecule has 2 aromatic rings. The van der Waals surface area contributed by atoms with E-state index in [0.717, 1.165) is 0 Å². The van der Waals surface area contributed by atoms with Crippen LogP contribution in [0.4, 0.5) is 0 Å². The van der Waals surface area contributed by atoms with Gasteiger partial charge in [-0.1, -0.05) is 6.07 Å². The van der Waals surface area contributed by atoms with E-state index in [1.54, 1.807) is 32.0 Å². The van der Waals surface area contributed by atoms with Gasteiger partial charge in [-0.25, -0.2) is 9.59 Å². The minimum Gasteiger partial charge on any atom is -0.497 e. The second kappa shape index (κ2) is 11.3. The van der Waals surface area contributed by atoms with Crippen molar-refractivity contribution in [2.45, 2.75) is 13.8 Å². The third-order valence-electron chi connectivity index (χ3n) is 3.98. The Morgan fingerprint density at radius 2 is 1.65 bits per heavy atom. The molecule has 0 aliphatic rings. The lowest BCUT2D eigenvalue weighted by atomic mass is 10.1. The quantitative estimate of drug-likeness (QED) is 0.259. The zero-order valence-corrected chi connectivity index (χ0v) is 17.8. The van der Waals surface area contributed by atoms with Crippen molar-refractivity contribution in [1.29, 1.82) is 5.26 Å². The number of nitrogens with zero attached hydrogens (tertiary/aromatic N) is 1. The van der Waals surface area contributed by atoms with E-state index in [4.69, 9.17) is 23.7 Å². The molecule has 0 aromatic heterocycles. The number of carbonyl (C=O) groups is 2. The van der Waals surface area contributed by atoms with E-state index >= 15 is 0 Å². The molecule has 0 radical (unpaired) electrons. The lowest BCUT2D eigenvalue weighted by Gasteiger charge is -2.12. The van der Waals surface area contributed by atoms with Crippen LogP contribution in [0.1, 0.15) is 29.8 Å². The first-order valence-corrected chi connectivity index (χ1v) is 9.46. The zero-order chi connectivity index (χ0) is 22.8. The lowest BCUT2D eigenvalue weighted by molar-refractivity contribution is -0.137. The lowest BCUT2D eigenvalue weighted by Crippen LogP contribution is -2.10. The van der Waals surface area contributed by atoms with Crippen molar-refractivity contribution in [2.75, 3.05) is 27.4 Å². The highest BCUT2D eigenvalue weighted by atomic mass is 16.6. The maximum absolute atomic E-state index is 12.7. The third-order valence-corrected chi connectivity index (χ3v) is 3.98. The minimum absolute atomic E-state index is 0.155. The number of nitriles is 1. The van der Waals surface area contributed by atoms with Crippen molar-refractivity contribution in [3.63, 3.8) is 0 Å². The number of rotatable bonds is 9. The van der Waals surface area contributed by atoms with Gasteiger partial charge < -0.3 is 23.7 Å². The maximum atomic E-state index is 12.7. The molecular formula is C23H23NO7. The number of hydrogen-bond acceptors (Lipinski definition) is 8. The average Bonchev–Trinajstić information content (AvgIpc) is 2.78. The molecule has 2 rings (SSSR count). The van der Waals surface area contributed by atoms with Crippen LogP contribution in [-0.4, -0.2) is 39.4 Å². The molecule has 0 bridgehead atoms. The first kappa shape index (κ1) is 23.3. The molecule has 0 N–H and O–H groups in total. The van der Waals surface area contributed by atoms with Crippen LogP contribution in [0.2, 0.25) is 0 Å². The molecule has 8 nitrogen and oxygen atoms in total. The van der Waals surface area contributed by atoms with Crippen molar-refractivity contribution < 1.29 is 33.3 Å². The van der Waals surface area contributed by atoms with Gasteiger partial charge in [-0.15, -0.1) is 0 Å². The van der Waals surface area contributed by atoms with Gasteiger partial charge in [0.05, 0.1) is 33.0 Å². The first-order chi connectivity index (χ1) is 14.9. The van der Waals surface area contributed by atoms with Crippen LogP contribution in [0.15, 0.2) is 42.0 Å². The summed E-state index contributed by atoms with van der Waals surface area (Å²) in [4.78, 5) is 24.5. The minimum atomic E-state index is -0.717. The second-order valence-electron chi connectivity index (χ2n) is 6.02. The predicted molar refractivity (Wildman–Crippen MR) is 112 cm³/mol. The average molecular weight is 425 g/mol. The molecule has 0 saturated carbocycles. The van der Waals surface area contributed by atoms with Crippen molar-refractivity contribution in [2.24, 2.45) is 0 Å². The fraction of sp³-hybridized carbons (Fsp3) is 0.261. The van der Waals surface area contributed by atoms with Gasteiger partial charge >= 0.3 is 11.9 Å². The maximum Gasteiger partial charge on any atom is 0.348 e. The fourth-order valence-electron chi connectivity index (χ4n) is 2.56. The van der Waals surface area contributed by atoms with E-state index in [0.29, 0.717) is 23.7 Å². The predicted octanol–water partition coefficient (Wildman–Crippen LogP) is 3.79. The summed E-state index contributed by atoms with van der Waals surface area (Å²) in [6, 6.07) is 11.2. The number of hydrogen-bond donors (Lipinski definition) is 0. The summed E-state index contributed by atoms with van der Waals surface area (Å²) in [6.07, 6.45) is 1.37. The summed E-state index contributed by atoms with van der Waals surface area (Å²) in [5, 5.41) is 9.20. The second-order valence-corrected chi connectivity index (χ2v) is 6.02. The van der Waals surface area contributed by atoms with Crippen molar-refractivity contribution >= 4 is 18.0 Å². The molecule has 0 unspecified atom stereocenters. The van der Waals surface area contributed by atoms with Gasteiger partial charge in [0, 0.05) is 6.07 Å². The molecule has 0 aliphatic carbocycles. The van der Waals surface area contributed by atoms with Gasteiger partial charge in [-0.3, -0.25) is 0 Å². The Labute approximate surface area is 180 Å². The largest absolute Gasteiger partial charge is 0.497 e. The Morgan fingerprint density at radius 3 is 2.19 bits per heavy atom. The molecule has 162 valence electrons. The number of methoxy groups -OCH3 is 2. The molecule has 0 spiro atoms. The highest BCUT2D eigenvalue weighted by molar-refractivity contribution is 5.98. The molecule has 2 aromatic carbocycles. The summed E-state index contributed by atoms with van der Waals surface area (Å²) < 4.78 is 26.3. The Kier molecular flexibility index (Phi) is 8.46. The molecule has 0 heterocycles. The van der Waals surface area contributed by atoms with Gasteiger partial charge in [-0.05, 0) is 49.8 Å². The molecule has 8 heteroatoms. The molecule has 0 saturated heterocycles. The molecular weight excluding hydrogens is 402 g/mol. The number of ether oxygens (including phenoxy) is 5. The standard InChI is InChI=1S/C23H23NO7/c1-5-29-21-10-15(9-17(14-24)22(25)30-6-2)7-8-20(21)31-23(26)16-11-18(27-3)13-19(12-16)28-4/h7-13H,5-6H2,1-4H3/b17-9+. The molecule has 31 heavy (non-hydrogen) atoms. The van der Waals surface area contributed by atoms with Crippen molar-refractivity contribution in [3.05, 3.63) is 53.1 Å². The number of benzene rings is 2. The van der Waals surface area contributed by atoms with Crippen molar-refractivity contribution in [1.82, 2.24) is 0 Å². The van der Waals surface area contributed by atoms with Crippen LogP contribution in [0, 0.1) is 11.3 Å². The van der Waals surface area contributed by atoms with Crippen LogP contribution < -0.4 is 18.9 Å². The van der Waals surface area contributed by atoms with Gasteiger partial charge in [0.25, 0.3) is 0 Å². The first-order valence-electron chi connectivity index (χ1n) is 9.46. The number of carbonyl (C=O) groups excluding carboxylic acids is 2. The van der Waals surface area contributed by atoms with Gasteiger partial charge in [0.15, 0.2) is 11.5 Å². The highest BCUT2D eigenvalue weighted by Crippen LogP contribution is 2.31. The van der Waals surface area contributed by atoms with E-state index in [1.165, 1.54) is 38.5 Å². The van der Waals surface area contributed by atoms with Crippen LogP contribution in [-0.2, 0) is 9.53 Å². The van der Waals surface area contributed by atoms with E-state index < -0.39 is 11.9 Å². The monoisotopic (exact) mass is 425 g/mol. The van der Waals surface area contributed by atoms with Gasteiger partial charge in [0.2, 0.25) is 0 Å². The van der Waals surface area contributed by atoms with Crippen LogP contribution >= 0.6 is 0 Å². The van der Waals surface area contributed by atoms with Crippen LogP contribution in [0.3, 0.4) is 0 Å². The molecule has 0 atom stereocenters. The topological polar surface area (TPSA) is 104 Å². The Bertz CT molecular complexity index is 999. The van der Waals surface area contributed by atoms with Crippen LogP contribution in [0.5, 0.6) is 23.0 Å². The Balaban J connectivity index is 2.34. The van der Waals surface area contributed by atoms with Gasteiger partial charge in [0.1, 0.15) is 23.1 Å². The van der Waals surface area contributed by atoms with Gasteiger partial charge in [-0.2, -0.15) is 5.26 Å². The van der Waals surface area contributed by atoms with Crippen molar-refractivity contribution in [3.8, 4) is 29.1 Å². The van der Waals surface area contributed by atoms with E-state index in [2.05, 4.69) is 0 Å². The molecule has 0 fully saturated rings. The Morgan fingerprint density at radius 1 is 0.968 bits per heavy atom. The molecule has 0 aliphatic heterocycles. The SMILES string of the molecule is CCOC(=O)/C(C#N)=C/c1ccc(OC(=O)c2cc(OC)cc(OC)c2)c(OCC)c1. The number of esters is 2. The summed E-state index contributed by atoms with van der Waals surface area (Å²) in [5.41, 5.74) is 0.588. The third kappa shape index (κ3) is 6.24. The van der Waals surface area contributed by atoms with E-state index in [9.17, 15) is 14.9 Å². The summed E-state index contributed by atoms with van der Waals surface area (Å²) >= 11 is 0. The zero-order valence-electron chi connectivity index (χ0n) is 17.8. The highest BCUT2D eigenvalue weighted by Gasteiger charge is 2.16. The summed E-state index contributed by atoms with van der Waals surface area (Å²) in [7, 11) is 2.96. The summed E-state index contributed by atoms with van der Waals surface area (Å²) in [6.45, 7) is 3.90. The smallest absolute Gasteiger partial charge is 0.348 e. The van der Waals surface area contributed by atoms with E-state index in [-0.39, 0.29) is 29.2 Å².